The largest absolute Gasteiger partial charge is 0.504 e. The molecule has 0 saturated carbocycles. The van der Waals surface area contributed by atoms with Crippen molar-refractivity contribution in [2.75, 3.05) is 34.9 Å². The van der Waals surface area contributed by atoms with Crippen LogP contribution in [0.25, 0.3) is 0 Å². The second-order valence-corrected chi connectivity index (χ2v) is 11.9. The molecule has 10 nitrogen and oxygen atoms in total. The zero-order valence-electron chi connectivity index (χ0n) is 25.8. The third kappa shape index (κ3) is 4.17. The number of aromatic hydroxyl groups is 2. The SMILES string of the molecule is COc1c(C)c(C)c2c(c1O)[C@@H]1[C@@H]3Cc4c(OC)c(C)c(OC)c(O)c4[C@H](CNCc4ccco4)N3[C@@H](C#N)[C@H](C2)N1C. The quantitative estimate of drug-likeness (QED) is 0.370. The Morgan fingerprint density at radius 1 is 0.930 bits per heavy atom. The highest BCUT2D eigenvalue weighted by Gasteiger charge is 2.56. The van der Waals surface area contributed by atoms with Gasteiger partial charge < -0.3 is 34.2 Å². The second-order valence-electron chi connectivity index (χ2n) is 11.9. The number of benzene rings is 2. The summed E-state index contributed by atoms with van der Waals surface area (Å²) in [5, 5.41) is 37.7. The minimum atomic E-state index is -0.482. The Kier molecular flexibility index (Phi) is 7.45. The molecule has 0 aliphatic carbocycles. The number of furan rings is 1. The van der Waals surface area contributed by atoms with Gasteiger partial charge in [-0.2, -0.15) is 5.26 Å². The first-order valence-corrected chi connectivity index (χ1v) is 14.7. The van der Waals surface area contributed by atoms with Gasteiger partial charge in [0.25, 0.3) is 0 Å². The lowest BCUT2D eigenvalue weighted by molar-refractivity contribution is -0.0727. The minimum absolute atomic E-state index is 0.0659. The zero-order valence-corrected chi connectivity index (χ0v) is 25.8. The van der Waals surface area contributed by atoms with Gasteiger partial charge >= 0.3 is 0 Å². The standard InChI is InChI=1S/C33H40N4O6/c1-16-17(2)32(41-6)30(39)27-20(16)11-22-24(13-34)37-23(28(27)36(22)4)12-21-26(25(37)15-35-14-19-9-8-10-43-19)29(38)33(42-7)18(3)31(21)40-5/h8-10,22-25,28,35,38-39H,11-12,14-15H2,1-7H3/t22-,23-,24-,25-,28-/m0/s1. The van der Waals surface area contributed by atoms with Crippen molar-refractivity contribution in [1.29, 1.82) is 5.26 Å². The number of piperazine rings is 1. The molecule has 1 aromatic heterocycles. The van der Waals surface area contributed by atoms with Crippen molar-refractivity contribution in [3.8, 4) is 34.8 Å². The van der Waals surface area contributed by atoms with E-state index in [0.717, 1.165) is 39.1 Å². The van der Waals surface area contributed by atoms with E-state index in [0.29, 0.717) is 48.7 Å². The molecule has 1 saturated heterocycles. The number of likely N-dealkylation sites (N-methyl/N-ethyl adjacent to an activating group) is 1. The van der Waals surface area contributed by atoms with Gasteiger partial charge in [0.15, 0.2) is 23.0 Å². The second kappa shape index (κ2) is 11.0. The summed E-state index contributed by atoms with van der Waals surface area (Å²) < 4.78 is 22.9. The fourth-order valence-corrected chi connectivity index (χ4v) is 8.09. The number of hydrogen-bond acceptors (Lipinski definition) is 10. The van der Waals surface area contributed by atoms with Crippen molar-refractivity contribution in [2.24, 2.45) is 0 Å². The number of ether oxygens (including phenoxy) is 3. The maximum Gasteiger partial charge on any atom is 0.167 e. The highest BCUT2D eigenvalue weighted by Crippen LogP contribution is 2.57. The molecule has 5 atom stereocenters. The molecule has 43 heavy (non-hydrogen) atoms. The summed E-state index contributed by atoms with van der Waals surface area (Å²) in [6.07, 6.45) is 2.75. The average Bonchev–Trinajstić information content (AvgIpc) is 3.51. The molecular formula is C33H40N4O6. The van der Waals surface area contributed by atoms with E-state index in [9.17, 15) is 15.5 Å². The number of phenols is 2. The fourth-order valence-electron chi connectivity index (χ4n) is 8.09. The molecule has 3 aromatic rings. The number of hydrogen-bond donors (Lipinski definition) is 3. The van der Waals surface area contributed by atoms with Gasteiger partial charge in [0.1, 0.15) is 17.6 Å². The van der Waals surface area contributed by atoms with Gasteiger partial charge in [-0.1, -0.05) is 0 Å². The molecule has 2 bridgehead atoms. The van der Waals surface area contributed by atoms with E-state index in [1.807, 2.05) is 26.0 Å². The van der Waals surface area contributed by atoms with Gasteiger partial charge in [0.05, 0.1) is 52.3 Å². The van der Waals surface area contributed by atoms with Crippen LogP contribution >= 0.6 is 0 Å². The molecule has 3 aliphatic rings. The van der Waals surface area contributed by atoms with Crippen LogP contribution in [0.5, 0.6) is 28.7 Å². The molecule has 0 unspecified atom stereocenters. The lowest BCUT2D eigenvalue weighted by Gasteiger charge is -2.60. The van der Waals surface area contributed by atoms with Gasteiger partial charge in [-0.15, -0.1) is 0 Å². The van der Waals surface area contributed by atoms with Crippen molar-refractivity contribution in [3.63, 3.8) is 0 Å². The predicted octanol–water partition coefficient (Wildman–Crippen LogP) is 4.20. The summed E-state index contributed by atoms with van der Waals surface area (Å²) in [6, 6.07) is 4.95. The normalized spacial score (nSPS) is 24.5. The molecule has 0 radical (unpaired) electrons. The molecule has 3 aliphatic heterocycles. The van der Waals surface area contributed by atoms with E-state index in [2.05, 4.69) is 35.2 Å². The van der Waals surface area contributed by atoms with Crippen LogP contribution in [0.1, 0.15) is 56.8 Å². The summed E-state index contributed by atoms with van der Waals surface area (Å²) in [7, 11) is 6.81. The number of rotatable bonds is 7. The van der Waals surface area contributed by atoms with Crippen LogP contribution in [0.2, 0.25) is 0 Å². The minimum Gasteiger partial charge on any atom is -0.504 e. The van der Waals surface area contributed by atoms with Crippen LogP contribution in [0.4, 0.5) is 0 Å². The van der Waals surface area contributed by atoms with E-state index in [4.69, 9.17) is 18.6 Å². The molecule has 2 aromatic carbocycles. The monoisotopic (exact) mass is 588 g/mol. The molecule has 4 heterocycles. The molecule has 3 N–H and O–H groups in total. The van der Waals surface area contributed by atoms with Gasteiger partial charge in [-0.05, 0) is 69.5 Å². The predicted molar refractivity (Wildman–Crippen MR) is 160 cm³/mol. The van der Waals surface area contributed by atoms with Crippen LogP contribution < -0.4 is 19.5 Å². The van der Waals surface area contributed by atoms with Crippen molar-refractivity contribution in [1.82, 2.24) is 15.1 Å². The maximum atomic E-state index is 11.7. The average molecular weight is 589 g/mol. The molecule has 10 heteroatoms. The van der Waals surface area contributed by atoms with Gasteiger partial charge in [0.2, 0.25) is 0 Å². The summed E-state index contributed by atoms with van der Waals surface area (Å²) in [5.74, 6) is 2.53. The van der Waals surface area contributed by atoms with Gasteiger partial charge in [-0.3, -0.25) is 9.80 Å². The first-order chi connectivity index (χ1) is 20.7. The molecule has 0 spiro atoms. The Morgan fingerprint density at radius 2 is 1.58 bits per heavy atom. The zero-order chi connectivity index (χ0) is 30.7. The van der Waals surface area contributed by atoms with E-state index >= 15 is 0 Å². The highest BCUT2D eigenvalue weighted by atomic mass is 16.5. The number of phenolic OH excluding ortho intramolecular Hbond substituents is 2. The number of methoxy groups -OCH3 is 3. The molecule has 6 rings (SSSR count). The van der Waals surface area contributed by atoms with Crippen LogP contribution in [0.15, 0.2) is 22.8 Å². The molecule has 0 amide bonds. The maximum absolute atomic E-state index is 11.7. The van der Waals surface area contributed by atoms with Gasteiger partial charge in [0, 0.05) is 40.9 Å². The number of nitriles is 1. The summed E-state index contributed by atoms with van der Waals surface area (Å²) in [4.78, 5) is 4.51. The van der Waals surface area contributed by atoms with Crippen LogP contribution in [0, 0.1) is 32.1 Å². The number of nitrogens with zero attached hydrogens (tertiary/aromatic N) is 3. The summed E-state index contributed by atoms with van der Waals surface area (Å²) in [5.41, 5.74) is 6.24. The van der Waals surface area contributed by atoms with Crippen molar-refractivity contribution < 1.29 is 28.8 Å². The molecule has 1 fully saturated rings. The Hall–Kier alpha value is -3.91. The van der Waals surface area contributed by atoms with Crippen molar-refractivity contribution in [2.45, 2.75) is 70.4 Å². The number of nitrogens with one attached hydrogen (secondary N) is 1. The van der Waals surface area contributed by atoms with Crippen molar-refractivity contribution >= 4 is 0 Å². The smallest absolute Gasteiger partial charge is 0.167 e. The van der Waals surface area contributed by atoms with Gasteiger partial charge in [-0.25, -0.2) is 0 Å². The summed E-state index contributed by atoms with van der Waals surface area (Å²) >= 11 is 0. The first kappa shape index (κ1) is 29.2. The van der Waals surface area contributed by atoms with Crippen LogP contribution in [-0.4, -0.2) is 73.1 Å². The van der Waals surface area contributed by atoms with E-state index in [1.165, 1.54) is 0 Å². The Bertz CT molecular complexity index is 1600. The Morgan fingerprint density at radius 3 is 2.21 bits per heavy atom. The van der Waals surface area contributed by atoms with E-state index < -0.39 is 12.1 Å². The molecular weight excluding hydrogens is 548 g/mol. The van der Waals surface area contributed by atoms with E-state index in [1.54, 1.807) is 27.6 Å². The van der Waals surface area contributed by atoms with E-state index in [-0.39, 0.29) is 29.6 Å². The Balaban J connectivity index is 1.58. The van der Waals surface area contributed by atoms with Crippen molar-refractivity contribution in [3.05, 3.63) is 63.1 Å². The third-order valence-corrected chi connectivity index (χ3v) is 10.1. The van der Waals surface area contributed by atoms with Crippen LogP contribution in [-0.2, 0) is 19.4 Å². The highest BCUT2D eigenvalue weighted by molar-refractivity contribution is 5.66. The first-order valence-electron chi connectivity index (χ1n) is 14.7. The topological polar surface area (TPSA) is 124 Å². The third-order valence-electron chi connectivity index (χ3n) is 10.1. The van der Waals surface area contributed by atoms with Crippen LogP contribution in [0.3, 0.4) is 0 Å². The lowest BCUT2D eigenvalue weighted by Crippen LogP contribution is -2.68. The number of fused-ring (bicyclic) bond motifs is 7. The fraction of sp³-hybridized carbons (Fsp3) is 0.485. The summed E-state index contributed by atoms with van der Waals surface area (Å²) in [6.45, 7) is 6.85. The lowest BCUT2D eigenvalue weighted by atomic mass is 9.70. The Labute approximate surface area is 252 Å². The molecule has 228 valence electrons.